The second kappa shape index (κ2) is 9.55. The van der Waals surface area contributed by atoms with Crippen molar-refractivity contribution in [3.63, 3.8) is 0 Å². The minimum absolute atomic E-state index is 0.164. The quantitative estimate of drug-likeness (QED) is 0.489. The van der Waals surface area contributed by atoms with Gasteiger partial charge in [-0.3, -0.25) is 4.79 Å². The van der Waals surface area contributed by atoms with Gasteiger partial charge in [0, 0.05) is 11.4 Å². The van der Waals surface area contributed by atoms with E-state index < -0.39 is 0 Å². The van der Waals surface area contributed by atoms with Crippen molar-refractivity contribution in [3.05, 3.63) is 90.0 Å². The Hall–Kier alpha value is -4.11. The molecule has 3 aromatic carbocycles. The summed E-state index contributed by atoms with van der Waals surface area (Å²) in [5.41, 5.74) is 5.78. The first-order chi connectivity index (χ1) is 13.7. The van der Waals surface area contributed by atoms with Crippen LogP contribution in [-0.4, -0.2) is 18.7 Å². The Kier molecular flexibility index (Phi) is 6.37. The average molecular weight is 370 g/mol. The van der Waals surface area contributed by atoms with Gasteiger partial charge in [0.2, 0.25) is 0 Å². The Morgan fingerprint density at radius 1 is 0.964 bits per heavy atom. The van der Waals surface area contributed by atoms with E-state index in [1.54, 1.807) is 30.5 Å². The maximum atomic E-state index is 11.8. The van der Waals surface area contributed by atoms with Crippen molar-refractivity contribution >= 4 is 23.5 Å². The van der Waals surface area contributed by atoms with Crippen molar-refractivity contribution in [2.24, 2.45) is 5.10 Å². The standard InChI is InChI=1S/C22H18N4O2/c23-14-17-8-12-21(13-9-17)28-16-22(27)26-24-15-18-6-10-20(11-7-18)25-19-4-2-1-3-5-19/h1-13,15,25H,16H2,(H,26,27)/b24-15-. The zero-order chi connectivity index (χ0) is 19.6. The summed E-state index contributed by atoms with van der Waals surface area (Å²) < 4.78 is 5.34. The summed E-state index contributed by atoms with van der Waals surface area (Å²) in [6.07, 6.45) is 1.56. The predicted octanol–water partition coefficient (Wildman–Crippen LogP) is 3.83. The van der Waals surface area contributed by atoms with E-state index in [-0.39, 0.29) is 12.5 Å². The van der Waals surface area contributed by atoms with E-state index in [0.717, 1.165) is 16.9 Å². The van der Waals surface area contributed by atoms with Gasteiger partial charge in [-0.1, -0.05) is 30.3 Å². The number of hydrogen-bond donors (Lipinski definition) is 2. The van der Waals surface area contributed by atoms with Gasteiger partial charge in [-0.05, 0) is 54.1 Å². The Balaban J connectivity index is 1.44. The van der Waals surface area contributed by atoms with Crippen LogP contribution in [0.4, 0.5) is 11.4 Å². The first kappa shape index (κ1) is 18.7. The van der Waals surface area contributed by atoms with Gasteiger partial charge in [0.1, 0.15) is 5.75 Å². The lowest BCUT2D eigenvalue weighted by atomic mass is 10.2. The molecule has 0 aromatic heterocycles. The second-order valence-electron chi connectivity index (χ2n) is 5.83. The van der Waals surface area contributed by atoms with Gasteiger partial charge in [-0.15, -0.1) is 0 Å². The number of nitrogens with one attached hydrogen (secondary N) is 2. The Bertz CT molecular complexity index is 976. The number of hydrogen-bond acceptors (Lipinski definition) is 5. The molecule has 0 radical (unpaired) electrons. The summed E-state index contributed by atoms with van der Waals surface area (Å²) in [6.45, 7) is -0.164. The molecule has 0 saturated carbocycles. The van der Waals surface area contributed by atoms with Crippen LogP contribution >= 0.6 is 0 Å². The van der Waals surface area contributed by atoms with E-state index in [1.165, 1.54) is 0 Å². The molecule has 0 fully saturated rings. The van der Waals surface area contributed by atoms with Gasteiger partial charge in [-0.2, -0.15) is 10.4 Å². The van der Waals surface area contributed by atoms with Crippen LogP contribution in [0.15, 0.2) is 84.0 Å². The van der Waals surface area contributed by atoms with E-state index in [1.807, 2.05) is 60.7 Å². The number of amides is 1. The molecule has 0 unspecified atom stereocenters. The molecule has 0 heterocycles. The lowest BCUT2D eigenvalue weighted by Gasteiger charge is -2.06. The van der Waals surface area contributed by atoms with Crippen LogP contribution in [0.2, 0.25) is 0 Å². The third-order valence-electron chi connectivity index (χ3n) is 3.73. The molecule has 6 nitrogen and oxygen atoms in total. The SMILES string of the molecule is N#Cc1ccc(OCC(=O)N/N=C\c2ccc(Nc3ccccc3)cc2)cc1. The van der Waals surface area contributed by atoms with Crippen molar-refractivity contribution < 1.29 is 9.53 Å². The number of carbonyl (C=O) groups is 1. The molecule has 28 heavy (non-hydrogen) atoms. The summed E-state index contributed by atoms with van der Waals surface area (Å²) in [5.74, 6) is 0.141. The highest BCUT2D eigenvalue weighted by Gasteiger charge is 2.01. The highest BCUT2D eigenvalue weighted by Crippen LogP contribution is 2.16. The fraction of sp³-hybridized carbons (Fsp3) is 0.0455. The maximum absolute atomic E-state index is 11.8. The van der Waals surface area contributed by atoms with Gasteiger partial charge in [0.15, 0.2) is 6.61 Å². The third-order valence-corrected chi connectivity index (χ3v) is 3.73. The Morgan fingerprint density at radius 2 is 1.64 bits per heavy atom. The molecule has 2 N–H and O–H groups in total. The molecule has 0 atom stereocenters. The van der Waals surface area contributed by atoms with Crippen LogP contribution in [0, 0.1) is 11.3 Å². The molecule has 0 bridgehead atoms. The van der Waals surface area contributed by atoms with E-state index in [9.17, 15) is 4.79 Å². The zero-order valence-corrected chi connectivity index (χ0v) is 15.0. The highest BCUT2D eigenvalue weighted by atomic mass is 16.5. The van der Waals surface area contributed by atoms with E-state index in [4.69, 9.17) is 10.00 Å². The fourth-order valence-electron chi connectivity index (χ4n) is 2.33. The van der Waals surface area contributed by atoms with E-state index in [2.05, 4.69) is 15.8 Å². The van der Waals surface area contributed by atoms with Crippen LogP contribution in [0.1, 0.15) is 11.1 Å². The third kappa shape index (κ3) is 5.71. The first-order valence-corrected chi connectivity index (χ1v) is 8.60. The lowest BCUT2D eigenvalue weighted by Crippen LogP contribution is -2.24. The number of benzene rings is 3. The van der Waals surface area contributed by atoms with Gasteiger partial charge in [0.05, 0.1) is 17.8 Å². The van der Waals surface area contributed by atoms with Crippen molar-refractivity contribution in [3.8, 4) is 11.8 Å². The molecule has 0 spiro atoms. The van der Waals surface area contributed by atoms with E-state index >= 15 is 0 Å². The first-order valence-electron chi connectivity index (χ1n) is 8.60. The maximum Gasteiger partial charge on any atom is 0.277 e. The predicted molar refractivity (Wildman–Crippen MR) is 109 cm³/mol. The van der Waals surface area contributed by atoms with Crippen molar-refractivity contribution in [1.82, 2.24) is 5.43 Å². The number of ether oxygens (including phenoxy) is 1. The Morgan fingerprint density at radius 3 is 2.32 bits per heavy atom. The van der Waals surface area contributed by atoms with Gasteiger partial charge in [0.25, 0.3) is 5.91 Å². The molecule has 1 amide bonds. The number of hydrazone groups is 1. The van der Waals surface area contributed by atoms with Crippen LogP contribution in [0.25, 0.3) is 0 Å². The van der Waals surface area contributed by atoms with Gasteiger partial charge in [-0.25, -0.2) is 5.43 Å². The minimum atomic E-state index is -0.372. The summed E-state index contributed by atoms with van der Waals surface area (Å²) in [7, 11) is 0. The van der Waals surface area contributed by atoms with Crippen LogP contribution in [-0.2, 0) is 4.79 Å². The molecule has 3 aromatic rings. The molecular weight excluding hydrogens is 352 g/mol. The number of rotatable bonds is 7. The largest absolute Gasteiger partial charge is 0.484 e. The smallest absolute Gasteiger partial charge is 0.277 e. The number of anilines is 2. The lowest BCUT2D eigenvalue weighted by molar-refractivity contribution is -0.123. The molecule has 3 rings (SSSR count). The van der Waals surface area contributed by atoms with Gasteiger partial charge < -0.3 is 10.1 Å². The summed E-state index contributed by atoms with van der Waals surface area (Å²) in [5, 5.41) is 16.0. The van der Waals surface area contributed by atoms with Crippen LogP contribution < -0.4 is 15.5 Å². The monoisotopic (exact) mass is 370 g/mol. The number of nitriles is 1. The van der Waals surface area contributed by atoms with Gasteiger partial charge >= 0.3 is 0 Å². The fourth-order valence-corrected chi connectivity index (χ4v) is 2.33. The molecule has 0 saturated heterocycles. The zero-order valence-electron chi connectivity index (χ0n) is 15.0. The highest BCUT2D eigenvalue weighted by molar-refractivity contribution is 5.83. The number of para-hydroxylation sites is 1. The number of carbonyl (C=O) groups excluding carboxylic acids is 1. The molecule has 6 heteroatoms. The minimum Gasteiger partial charge on any atom is -0.484 e. The summed E-state index contributed by atoms with van der Waals surface area (Å²) in [6, 6.07) is 26.1. The normalized spacial score (nSPS) is 10.2. The Labute approximate surface area is 163 Å². The topological polar surface area (TPSA) is 86.5 Å². The van der Waals surface area contributed by atoms with Crippen LogP contribution in [0.5, 0.6) is 5.75 Å². The average Bonchev–Trinajstić information content (AvgIpc) is 2.74. The molecule has 138 valence electrons. The van der Waals surface area contributed by atoms with Crippen molar-refractivity contribution in [2.75, 3.05) is 11.9 Å². The molecule has 0 aliphatic carbocycles. The summed E-state index contributed by atoms with van der Waals surface area (Å²) in [4.78, 5) is 11.8. The molecular formula is C22H18N4O2. The van der Waals surface area contributed by atoms with Crippen LogP contribution in [0.3, 0.4) is 0 Å². The second-order valence-corrected chi connectivity index (χ2v) is 5.83. The molecule has 0 aliphatic rings. The molecule has 0 aliphatic heterocycles. The number of nitrogens with zero attached hydrogens (tertiary/aromatic N) is 2. The van der Waals surface area contributed by atoms with E-state index in [0.29, 0.717) is 11.3 Å². The summed E-state index contributed by atoms with van der Waals surface area (Å²) >= 11 is 0. The van der Waals surface area contributed by atoms with Crippen molar-refractivity contribution in [1.29, 1.82) is 5.26 Å². The van der Waals surface area contributed by atoms with Crippen molar-refractivity contribution in [2.45, 2.75) is 0 Å².